The van der Waals surface area contributed by atoms with Crippen LogP contribution in [0.2, 0.25) is 0 Å². The molecule has 0 saturated carbocycles. The number of carbonyl (C=O) groups is 1. The van der Waals surface area contributed by atoms with E-state index in [1.54, 1.807) is 50.2 Å². The molecule has 3 rings (SSSR count). The van der Waals surface area contributed by atoms with Gasteiger partial charge in [0.25, 0.3) is 0 Å². The predicted molar refractivity (Wildman–Crippen MR) is 102 cm³/mol. The number of nitrogens with one attached hydrogen (secondary N) is 1. The number of carbonyl (C=O) groups excluding carboxylic acids is 1. The number of hydrazine groups is 1. The summed E-state index contributed by atoms with van der Waals surface area (Å²) in [5.74, 6) is -0.0746. The fourth-order valence-corrected chi connectivity index (χ4v) is 3.41. The maximum atomic E-state index is 14.3. The summed E-state index contributed by atoms with van der Waals surface area (Å²) in [7, 11) is 0. The van der Waals surface area contributed by atoms with Crippen LogP contribution in [0.4, 0.5) is 13.2 Å². The number of halogens is 3. The summed E-state index contributed by atoms with van der Waals surface area (Å²) >= 11 is 0. The number of fused-ring (bicyclic) bond motifs is 1. The Morgan fingerprint density at radius 2 is 1.86 bits per heavy atom. The molecule has 1 aliphatic heterocycles. The van der Waals surface area contributed by atoms with Crippen LogP contribution in [0.15, 0.2) is 36.4 Å². The van der Waals surface area contributed by atoms with Gasteiger partial charge in [-0.2, -0.15) is 13.2 Å². The van der Waals surface area contributed by atoms with Crippen molar-refractivity contribution in [2.24, 2.45) is 11.3 Å². The highest BCUT2D eigenvalue weighted by Gasteiger charge is 2.52. The van der Waals surface area contributed by atoms with Gasteiger partial charge in [-0.25, -0.2) is 5.01 Å². The quantitative estimate of drug-likeness (QED) is 0.788. The molecule has 1 unspecified atom stereocenters. The van der Waals surface area contributed by atoms with Crippen molar-refractivity contribution in [3.8, 4) is 5.75 Å². The molecule has 0 aliphatic carbocycles. The molecule has 1 N–H and O–H groups in total. The van der Waals surface area contributed by atoms with Gasteiger partial charge in [0, 0.05) is 12.1 Å². The van der Waals surface area contributed by atoms with Gasteiger partial charge in [-0.3, -0.25) is 10.2 Å². The molecule has 1 heterocycles. The lowest BCUT2D eigenvalue weighted by atomic mass is 9.92. The molecule has 1 fully saturated rings. The number of amides is 1. The highest BCUT2D eigenvalue weighted by Crippen LogP contribution is 2.46. The van der Waals surface area contributed by atoms with E-state index >= 15 is 0 Å². The first-order chi connectivity index (χ1) is 13.0. The van der Waals surface area contributed by atoms with Gasteiger partial charge in [-0.15, -0.1) is 0 Å². The molecule has 0 spiro atoms. The topological polar surface area (TPSA) is 41.6 Å². The summed E-state index contributed by atoms with van der Waals surface area (Å²) < 4.78 is 48.7. The van der Waals surface area contributed by atoms with Crippen molar-refractivity contribution in [1.29, 1.82) is 0 Å². The normalized spacial score (nSPS) is 18.5. The van der Waals surface area contributed by atoms with Gasteiger partial charge >= 0.3 is 6.18 Å². The van der Waals surface area contributed by atoms with Crippen molar-refractivity contribution in [3.05, 3.63) is 42.0 Å². The summed E-state index contributed by atoms with van der Waals surface area (Å²) in [6.07, 6.45) is -4.60. The first-order valence-corrected chi connectivity index (χ1v) is 9.29. The van der Waals surface area contributed by atoms with E-state index in [1.807, 2.05) is 13.8 Å². The zero-order chi connectivity index (χ0) is 20.7. The molecule has 1 aliphatic rings. The van der Waals surface area contributed by atoms with Gasteiger partial charge in [0.2, 0.25) is 5.91 Å². The van der Waals surface area contributed by atoms with Crippen LogP contribution < -0.4 is 10.2 Å². The van der Waals surface area contributed by atoms with E-state index in [1.165, 1.54) is 0 Å². The molecule has 0 radical (unpaired) electrons. The fourth-order valence-electron chi connectivity index (χ4n) is 3.41. The summed E-state index contributed by atoms with van der Waals surface area (Å²) in [5.41, 5.74) is 1.55. The largest absolute Gasteiger partial charge is 0.493 e. The predicted octanol–water partition coefficient (Wildman–Crippen LogP) is 4.85. The molecule has 2 aromatic rings. The average Bonchev–Trinajstić information content (AvgIpc) is 2.85. The van der Waals surface area contributed by atoms with Crippen LogP contribution in [0.1, 0.15) is 39.3 Å². The zero-order valence-electron chi connectivity index (χ0n) is 16.4. The van der Waals surface area contributed by atoms with Gasteiger partial charge in [-0.05, 0) is 36.6 Å². The maximum absolute atomic E-state index is 14.3. The first-order valence-electron chi connectivity index (χ1n) is 9.29. The van der Waals surface area contributed by atoms with E-state index < -0.39 is 23.5 Å². The summed E-state index contributed by atoms with van der Waals surface area (Å²) in [6, 6.07) is 8.25. The second kappa shape index (κ2) is 7.28. The summed E-state index contributed by atoms with van der Waals surface area (Å²) in [4.78, 5) is 12.2. The van der Waals surface area contributed by atoms with E-state index in [-0.39, 0.29) is 23.8 Å². The van der Waals surface area contributed by atoms with Crippen molar-refractivity contribution in [3.63, 3.8) is 0 Å². The minimum atomic E-state index is -4.60. The standard InChI is InChI=1S/C21H25F3N2O2/c1-13(2)11-28-16-10-9-14-7-5-6-8-15(14)17(16)18(21(22,23)24)26-12-20(3,4)19(27)25-26/h5-10,13,18H,11-12H2,1-4H3,(H,25,27). The number of alkyl halides is 3. The highest BCUT2D eigenvalue weighted by atomic mass is 19.4. The molecule has 1 saturated heterocycles. The van der Waals surface area contributed by atoms with Crippen LogP contribution in [-0.4, -0.2) is 30.2 Å². The molecule has 7 heteroatoms. The van der Waals surface area contributed by atoms with Gasteiger partial charge in [-0.1, -0.05) is 44.2 Å². The zero-order valence-corrected chi connectivity index (χ0v) is 16.4. The number of hydrogen-bond acceptors (Lipinski definition) is 3. The number of benzene rings is 2. The van der Waals surface area contributed by atoms with E-state index in [9.17, 15) is 18.0 Å². The van der Waals surface area contributed by atoms with E-state index in [0.29, 0.717) is 17.4 Å². The number of ether oxygens (including phenoxy) is 1. The van der Waals surface area contributed by atoms with Crippen LogP contribution >= 0.6 is 0 Å². The summed E-state index contributed by atoms with van der Waals surface area (Å²) in [5, 5.41) is 2.14. The number of hydrogen-bond donors (Lipinski definition) is 1. The van der Waals surface area contributed by atoms with Gasteiger partial charge < -0.3 is 4.74 Å². The highest BCUT2D eigenvalue weighted by molar-refractivity contribution is 5.89. The van der Waals surface area contributed by atoms with Crippen molar-refractivity contribution >= 4 is 16.7 Å². The van der Waals surface area contributed by atoms with Crippen LogP contribution in [0.3, 0.4) is 0 Å². The molecule has 2 aromatic carbocycles. The molecule has 152 valence electrons. The third-order valence-electron chi connectivity index (χ3n) is 4.82. The molecular formula is C21H25F3N2O2. The Morgan fingerprint density at radius 1 is 1.18 bits per heavy atom. The van der Waals surface area contributed by atoms with Crippen LogP contribution in [-0.2, 0) is 4.79 Å². The van der Waals surface area contributed by atoms with E-state index in [2.05, 4.69) is 5.43 Å². The van der Waals surface area contributed by atoms with Crippen molar-refractivity contribution < 1.29 is 22.7 Å². The van der Waals surface area contributed by atoms with E-state index in [0.717, 1.165) is 5.01 Å². The maximum Gasteiger partial charge on any atom is 0.410 e. The van der Waals surface area contributed by atoms with Crippen molar-refractivity contribution in [2.75, 3.05) is 13.2 Å². The minimum absolute atomic E-state index is 0.0317. The first kappa shape index (κ1) is 20.5. The fraction of sp³-hybridized carbons (Fsp3) is 0.476. The lowest BCUT2D eigenvalue weighted by Gasteiger charge is -2.32. The summed E-state index contributed by atoms with van der Waals surface area (Å²) in [6.45, 7) is 7.39. The Balaban J connectivity index is 2.18. The number of nitrogens with zero attached hydrogens (tertiary/aromatic N) is 1. The molecule has 28 heavy (non-hydrogen) atoms. The Morgan fingerprint density at radius 3 is 2.43 bits per heavy atom. The second-order valence-electron chi connectivity index (χ2n) is 8.30. The SMILES string of the molecule is CC(C)COc1ccc2ccccc2c1C(N1CC(C)(C)C(=O)N1)C(F)(F)F. The Bertz CT molecular complexity index is 878. The number of rotatable bonds is 5. The Hall–Kier alpha value is -2.28. The smallest absolute Gasteiger partial charge is 0.410 e. The second-order valence-corrected chi connectivity index (χ2v) is 8.30. The van der Waals surface area contributed by atoms with Crippen molar-refractivity contribution in [2.45, 2.75) is 39.9 Å². The molecule has 0 bridgehead atoms. The Kier molecular flexibility index (Phi) is 5.32. The monoisotopic (exact) mass is 394 g/mol. The lowest BCUT2D eigenvalue weighted by Crippen LogP contribution is -2.44. The van der Waals surface area contributed by atoms with Gasteiger partial charge in [0.1, 0.15) is 5.75 Å². The van der Waals surface area contributed by atoms with E-state index in [4.69, 9.17) is 4.74 Å². The molecule has 4 nitrogen and oxygen atoms in total. The third kappa shape index (κ3) is 3.94. The minimum Gasteiger partial charge on any atom is -0.493 e. The molecule has 1 atom stereocenters. The van der Waals surface area contributed by atoms with Gasteiger partial charge in [0.15, 0.2) is 6.04 Å². The average molecular weight is 394 g/mol. The van der Waals surface area contributed by atoms with Crippen molar-refractivity contribution in [1.82, 2.24) is 10.4 Å². The van der Waals surface area contributed by atoms with Crippen LogP contribution in [0, 0.1) is 11.3 Å². The lowest BCUT2D eigenvalue weighted by molar-refractivity contribution is -0.191. The van der Waals surface area contributed by atoms with Gasteiger partial charge in [0.05, 0.1) is 12.0 Å². The molecular weight excluding hydrogens is 369 g/mol. The molecule has 1 amide bonds. The van der Waals surface area contributed by atoms with Crippen LogP contribution in [0.5, 0.6) is 5.75 Å². The Labute approximate surface area is 162 Å². The third-order valence-corrected chi connectivity index (χ3v) is 4.82. The molecule has 0 aromatic heterocycles. The van der Waals surface area contributed by atoms with Crippen LogP contribution in [0.25, 0.3) is 10.8 Å².